The van der Waals surface area contributed by atoms with E-state index in [0.29, 0.717) is 0 Å². The molecule has 1 amide bonds. The van der Waals surface area contributed by atoms with E-state index in [2.05, 4.69) is 41.6 Å². The molecule has 0 aliphatic carbocycles. The molecular formula is C20H21N3O. The first-order valence-electron chi connectivity index (χ1n) is 8.47. The lowest BCUT2D eigenvalue weighted by atomic mass is 10.1. The van der Waals surface area contributed by atoms with Gasteiger partial charge >= 0.3 is 0 Å². The van der Waals surface area contributed by atoms with Crippen LogP contribution in [-0.2, 0) is 0 Å². The standard InChI is InChI=1S/C20H21N3O/c1-14-5-7-18(15(2)11-14)23-13-21-17-12-16(6-8-19(17)23)20(24)22-9-3-4-10-22/h5-8,11-13H,3-4,9-10H2,1-2H3. The molecule has 4 heteroatoms. The number of carbonyl (C=O) groups excluding carboxylic acids is 1. The number of aromatic nitrogens is 2. The van der Waals surface area contributed by atoms with E-state index in [0.717, 1.165) is 48.2 Å². The highest BCUT2D eigenvalue weighted by Gasteiger charge is 2.20. The first-order chi connectivity index (χ1) is 11.6. The number of carbonyl (C=O) groups is 1. The summed E-state index contributed by atoms with van der Waals surface area (Å²) in [6.45, 7) is 5.94. The highest BCUT2D eigenvalue weighted by molar-refractivity contribution is 5.97. The van der Waals surface area contributed by atoms with Crippen molar-refractivity contribution in [1.29, 1.82) is 0 Å². The second kappa shape index (κ2) is 5.78. The molecule has 1 aromatic heterocycles. The van der Waals surface area contributed by atoms with Crippen LogP contribution in [-0.4, -0.2) is 33.4 Å². The lowest BCUT2D eigenvalue weighted by Crippen LogP contribution is -2.27. The molecule has 4 rings (SSSR count). The maximum absolute atomic E-state index is 12.6. The van der Waals surface area contributed by atoms with Gasteiger partial charge in [-0.2, -0.15) is 0 Å². The normalized spacial score (nSPS) is 14.5. The van der Waals surface area contributed by atoms with Crippen LogP contribution in [0.3, 0.4) is 0 Å². The van der Waals surface area contributed by atoms with Crippen LogP contribution in [0.15, 0.2) is 42.7 Å². The Morgan fingerprint density at radius 3 is 2.58 bits per heavy atom. The molecule has 1 saturated heterocycles. The molecule has 1 fully saturated rings. The van der Waals surface area contributed by atoms with Gasteiger partial charge in [-0.05, 0) is 56.5 Å². The molecular weight excluding hydrogens is 298 g/mol. The maximum Gasteiger partial charge on any atom is 0.253 e. The van der Waals surface area contributed by atoms with E-state index in [1.54, 1.807) is 0 Å². The van der Waals surface area contributed by atoms with E-state index >= 15 is 0 Å². The maximum atomic E-state index is 12.6. The van der Waals surface area contributed by atoms with E-state index in [-0.39, 0.29) is 5.91 Å². The number of likely N-dealkylation sites (tertiary alicyclic amines) is 1. The summed E-state index contributed by atoms with van der Waals surface area (Å²) in [6, 6.07) is 12.2. The Balaban J connectivity index is 1.74. The van der Waals surface area contributed by atoms with Crippen molar-refractivity contribution in [2.45, 2.75) is 26.7 Å². The first-order valence-corrected chi connectivity index (χ1v) is 8.47. The van der Waals surface area contributed by atoms with Gasteiger partial charge < -0.3 is 4.90 Å². The number of benzene rings is 2. The monoisotopic (exact) mass is 319 g/mol. The zero-order valence-electron chi connectivity index (χ0n) is 14.1. The second-order valence-electron chi connectivity index (χ2n) is 6.61. The average Bonchev–Trinajstić information content (AvgIpc) is 3.23. The average molecular weight is 319 g/mol. The Kier molecular flexibility index (Phi) is 3.60. The number of aryl methyl sites for hydroxylation is 2. The van der Waals surface area contributed by atoms with Crippen LogP contribution in [0.1, 0.15) is 34.3 Å². The van der Waals surface area contributed by atoms with Crippen LogP contribution in [0.5, 0.6) is 0 Å². The number of hydrogen-bond donors (Lipinski definition) is 0. The van der Waals surface area contributed by atoms with Crippen molar-refractivity contribution in [2.24, 2.45) is 0 Å². The molecule has 2 heterocycles. The third-order valence-corrected chi connectivity index (χ3v) is 4.80. The van der Waals surface area contributed by atoms with Gasteiger partial charge in [0.25, 0.3) is 5.91 Å². The zero-order valence-corrected chi connectivity index (χ0v) is 14.1. The lowest BCUT2D eigenvalue weighted by Gasteiger charge is -2.15. The van der Waals surface area contributed by atoms with Gasteiger partial charge in [0.05, 0.1) is 16.7 Å². The summed E-state index contributed by atoms with van der Waals surface area (Å²) in [6.07, 6.45) is 4.05. The topological polar surface area (TPSA) is 38.1 Å². The summed E-state index contributed by atoms with van der Waals surface area (Å²) in [5, 5.41) is 0. The van der Waals surface area contributed by atoms with Gasteiger partial charge in [-0.3, -0.25) is 9.36 Å². The minimum atomic E-state index is 0.121. The van der Waals surface area contributed by atoms with Gasteiger partial charge in [-0.1, -0.05) is 17.7 Å². The van der Waals surface area contributed by atoms with Crippen LogP contribution in [0.25, 0.3) is 16.7 Å². The highest BCUT2D eigenvalue weighted by atomic mass is 16.2. The van der Waals surface area contributed by atoms with Gasteiger partial charge in [-0.15, -0.1) is 0 Å². The van der Waals surface area contributed by atoms with Crippen LogP contribution < -0.4 is 0 Å². The smallest absolute Gasteiger partial charge is 0.253 e. The van der Waals surface area contributed by atoms with Crippen molar-refractivity contribution >= 4 is 16.9 Å². The highest BCUT2D eigenvalue weighted by Crippen LogP contribution is 2.23. The number of rotatable bonds is 2. The molecule has 24 heavy (non-hydrogen) atoms. The fraction of sp³-hybridized carbons (Fsp3) is 0.300. The van der Waals surface area contributed by atoms with Crippen molar-refractivity contribution in [3.05, 3.63) is 59.4 Å². The molecule has 3 aromatic rings. The predicted octanol–water partition coefficient (Wildman–Crippen LogP) is 3.88. The van der Waals surface area contributed by atoms with Crippen LogP contribution in [0.4, 0.5) is 0 Å². The third kappa shape index (κ3) is 2.48. The van der Waals surface area contributed by atoms with Gasteiger partial charge in [0.1, 0.15) is 6.33 Å². The fourth-order valence-electron chi connectivity index (χ4n) is 3.52. The number of nitrogens with zero attached hydrogens (tertiary/aromatic N) is 3. The third-order valence-electron chi connectivity index (χ3n) is 4.80. The number of fused-ring (bicyclic) bond motifs is 1. The quantitative estimate of drug-likeness (QED) is 0.719. The van der Waals surface area contributed by atoms with Crippen molar-refractivity contribution in [3.8, 4) is 5.69 Å². The summed E-state index contributed by atoms with van der Waals surface area (Å²) in [5.74, 6) is 0.121. The van der Waals surface area contributed by atoms with Crippen molar-refractivity contribution in [1.82, 2.24) is 14.5 Å². The summed E-state index contributed by atoms with van der Waals surface area (Å²) in [7, 11) is 0. The van der Waals surface area contributed by atoms with Crippen molar-refractivity contribution < 1.29 is 4.79 Å². The molecule has 0 radical (unpaired) electrons. The first kappa shape index (κ1) is 14.9. The Hall–Kier alpha value is -2.62. The molecule has 0 bridgehead atoms. The molecule has 0 spiro atoms. The molecule has 1 aliphatic heterocycles. The zero-order chi connectivity index (χ0) is 16.7. The van der Waals surface area contributed by atoms with Crippen LogP contribution >= 0.6 is 0 Å². The minimum Gasteiger partial charge on any atom is -0.339 e. The number of imidazole rings is 1. The Labute approximate surface area is 141 Å². The van der Waals surface area contributed by atoms with E-state index in [9.17, 15) is 4.79 Å². The Bertz CT molecular complexity index is 920. The lowest BCUT2D eigenvalue weighted by molar-refractivity contribution is 0.0793. The second-order valence-corrected chi connectivity index (χ2v) is 6.61. The summed E-state index contributed by atoms with van der Waals surface area (Å²) in [4.78, 5) is 19.0. The molecule has 0 unspecified atom stereocenters. The van der Waals surface area contributed by atoms with E-state index < -0.39 is 0 Å². The minimum absolute atomic E-state index is 0.121. The van der Waals surface area contributed by atoms with Gasteiger partial charge in [0, 0.05) is 18.7 Å². The van der Waals surface area contributed by atoms with Crippen molar-refractivity contribution in [3.63, 3.8) is 0 Å². The predicted molar refractivity (Wildman–Crippen MR) is 95.7 cm³/mol. The van der Waals surface area contributed by atoms with E-state index in [1.807, 2.05) is 29.4 Å². The summed E-state index contributed by atoms with van der Waals surface area (Å²) < 4.78 is 2.09. The Morgan fingerprint density at radius 2 is 1.83 bits per heavy atom. The molecule has 0 atom stereocenters. The van der Waals surface area contributed by atoms with E-state index in [1.165, 1.54) is 11.1 Å². The molecule has 122 valence electrons. The van der Waals surface area contributed by atoms with Gasteiger partial charge in [0.2, 0.25) is 0 Å². The molecule has 1 aliphatic rings. The van der Waals surface area contributed by atoms with Gasteiger partial charge in [0.15, 0.2) is 0 Å². The molecule has 4 nitrogen and oxygen atoms in total. The summed E-state index contributed by atoms with van der Waals surface area (Å²) in [5.41, 5.74) is 6.21. The number of hydrogen-bond acceptors (Lipinski definition) is 2. The number of amides is 1. The summed E-state index contributed by atoms with van der Waals surface area (Å²) >= 11 is 0. The van der Waals surface area contributed by atoms with Gasteiger partial charge in [-0.25, -0.2) is 4.98 Å². The SMILES string of the molecule is Cc1ccc(-n2cnc3cc(C(=O)N4CCCC4)ccc32)c(C)c1. The largest absolute Gasteiger partial charge is 0.339 e. The van der Waals surface area contributed by atoms with Crippen molar-refractivity contribution in [2.75, 3.05) is 13.1 Å². The van der Waals surface area contributed by atoms with E-state index in [4.69, 9.17) is 0 Å². The molecule has 2 aromatic carbocycles. The fourth-order valence-corrected chi connectivity index (χ4v) is 3.52. The van der Waals surface area contributed by atoms with Crippen LogP contribution in [0, 0.1) is 13.8 Å². The molecule has 0 N–H and O–H groups in total. The molecule has 0 saturated carbocycles. The van der Waals surface area contributed by atoms with Crippen LogP contribution in [0.2, 0.25) is 0 Å². The Morgan fingerprint density at radius 1 is 1.04 bits per heavy atom.